The maximum absolute atomic E-state index is 10.3. The molecule has 3 rings (SSSR count). The number of pyridine rings is 1. The van der Waals surface area contributed by atoms with Gasteiger partial charge in [0, 0.05) is 6.42 Å². The first-order chi connectivity index (χ1) is 9.86. The molecule has 2 heterocycles. The van der Waals surface area contributed by atoms with Gasteiger partial charge in [-0.2, -0.15) is 0 Å². The van der Waals surface area contributed by atoms with Gasteiger partial charge in [-0.05, 0) is 37.0 Å². The van der Waals surface area contributed by atoms with Crippen LogP contribution in [0.4, 0.5) is 0 Å². The van der Waals surface area contributed by atoms with Gasteiger partial charge in [0.25, 0.3) is 6.47 Å². The molecule has 0 saturated heterocycles. The third-order valence-electron chi connectivity index (χ3n) is 3.34. The van der Waals surface area contributed by atoms with Gasteiger partial charge >= 0.3 is 0 Å². The third-order valence-corrected chi connectivity index (χ3v) is 3.34. The molecule has 106 valence electrons. The number of hydrogen-bond donors (Lipinski definition) is 0. The Bertz CT molecular complexity index is 523. The first-order valence-corrected chi connectivity index (χ1v) is 6.88. The van der Waals surface area contributed by atoms with Gasteiger partial charge in [0.1, 0.15) is 12.4 Å². The third kappa shape index (κ3) is 3.10. The average molecular weight is 275 g/mol. The van der Waals surface area contributed by atoms with Crippen LogP contribution in [0.5, 0.6) is 5.88 Å². The highest BCUT2D eigenvalue weighted by atomic mass is 16.5. The van der Waals surface area contributed by atoms with Crippen molar-refractivity contribution < 1.29 is 19.0 Å². The van der Waals surface area contributed by atoms with Crippen LogP contribution < -0.4 is 4.74 Å². The standard InChI is InChI=1S/C15H17NO4/c17-10-18-9-12-5-6-13(14-2-1-7-19-14)15(16-12)20-8-11-3-4-11/h2,5-6,10-11H,1,3-4,7-9H2. The zero-order chi connectivity index (χ0) is 13.8. The van der Waals surface area contributed by atoms with Gasteiger partial charge in [0.2, 0.25) is 5.88 Å². The van der Waals surface area contributed by atoms with Crippen molar-refractivity contribution >= 4 is 12.2 Å². The lowest BCUT2D eigenvalue weighted by molar-refractivity contribution is -0.129. The quantitative estimate of drug-likeness (QED) is 0.715. The SMILES string of the molecule is O=COCc1ccc(C2=CCCO2)c(OCC2CC2)n1. The molecule has 1 fully saturated rings. The van der Waals surface area contributed by atoms with Gasteiger partial charge in [0.05, 0.1) is 24.5 Å². The van der Waals surface area contributed by atoms with Crippen LogP contribution in [0.15, 0.2) is 18.2 Å². The van der Waals surface area contributed by atoms with Crippen LogP contribution >= 0.6 is 0 Å². The fourth-order valence-corrected chi connectivity index (χ4v) is 2.06. The molecule has 0 N–H and O–H groups in total. The number of aromatic nitrogens is 1. The van der Waals surface area contributed by atoms with E-state index in [4.69, 9.17) is 14.2 Å². The van der Waals surface area contributed by atoms with Gasteiger partial charge < -0.3 is 14.2 Å². The number of rotatable bonds is 7. The lowest BCUT2D eigenvalue weighted by Crippen LogP contribution is -2.06. The number of ether oxygens (including phenoxy) is 3. The Morgan fingerprint density at radius 1 is 1.40 bits per heavy atom. The molecule has 0 unspecified atom stereocenters. The molecule has 5 heteroatoms. The molecule has 0 bridgehead atoms. The Labute approximate surface area is 117 Å². The van der Waals surface area contributed by atoms with Crippen molar-refractivity contribution in [2.24, 2.45) is 5.92 Å². The molecule has 0 spiro atoms. The summed E-state index contributed by atoms with van der Waals surface area (Å²) in [6, 6.07) is 3.74. The molecule has 20 heavy (non-hydrogen) atoms. The molecule has 1 aliphatic carbocycles. The molecule has 5 nitrogen and oxygen atoms in total. The fraction of sp³-hybridized carbons (Fsp3) is 0.467. The molecule has 1 aliphatic heterocycles. The highest BCUT2D eigenvalue weighted by Gasteiger charge is 2.24. The molecule has 0 atom stereocenters. The summed E-state index contributed by atoms with van der Waals surface area (Å²) in [4.78, 5) is 14.7. The van der Waals surface area contributed by atoms with Crippen molar-refractivity contribution in [3.63, 3.8) is 0 Å². The van der Waals surface area contributed by atoms with Gasteiger partial charge in [0.15, 0.2) is 0 Å². The first kappa shape index (κ1) is 13.0. The molecule has 0 amide bonds. The zero-order valence-corrected chi connectivity index (χ0v) is 11.2. The Kier molecular flexibility index (Phi) is 3.85. The van der Waals surface area contributed by atoms with E-state index in [0.29, 0.717) is 37.2 Å². The molecule has 2 aliphatic rings. The maximum atomic E-state index is 10.3. The topological polar surface area (TPSA) is 57.7 Å². The molecule has 1 aromatic rings. The Morgan fingerprint density at radius 3 is 3.00 bits per heavy atom. The summed E-state index contributed by atoms with van der Waals surface area (Å²) in [5.74, 6) is 2.04. The van der Waals surface area contributed by atoms with E-state index in [-0.39, 0.29) is 6.61 Å². The minimum Gasteiger partial charge on any atom is -0.493 e. The highest BCUT2D eigenvalue weighted by Crippen LogP contribution is 2.33. The van der Waals surface area contributed by atoms with E-state index in [1.165, 1.54) is 12.8 Å². The number of hydrogen-bond acceptors (Lipinski definition) is 5. The summed E-state index contributed by atoms with van der Waals surface area (Å²) < 4.78 is 16.1. The van der Waals surface area contributed by atoms with E-state index < -0.39 is 0 Å². The predicted molar refractivity (Wildman–Crippen MR) is 71.9 cm³/mol. The molecule has 1 saturated carbocycles. The summed E-state index contributed by atoms with van der Waals surface area (Å²) in [6.45, 7) is 1.96. The molecule has 1 aromatic heterocycles. The second-order valence-electron chi connectivity index (χ2n) is 5.02. The van der Waals surface area contributed by atoms with E-state index in [1.54, 1.807) is 0 Å². The number of carbonyl (C=O) groups excluding carboxylic acids is 1. The van der Waals surface area contributed by atoms with E-state index >= 15 is 0 Å². The van der Waals surface area contributed by atoms with Crippen molar-refractivity contribution in [3.05, 3.63) is 29.5 Å². The van der Waals surface area contributed by atoms with Crippen molar-refractivity contribution in [1.29, 1.82) is 0 Å². The maximum Gasteiger partial charge on any atom is 0.293 e. The molecule has 0 aromatic carbocycles. The van der Waals surface area contributed by atoms with Gasteiger partial charge in [-0.25, -0.2) is 4.98 Å². The van der Waals surface area contributed by atoms with Crippen LogP contribution in [-0.4, -0.2) is 24.7 Å². The summed E-state index contributed by atoms with van der Waals surface area (Å²) in [7, 11) is 0. The van der Waals surface area contributed by atoms with E-state index in [2.05, 4.69) is 4.98 Å². The van der Waals surface area contributed by atoms with E-state index in [1.807, 2.05) is 18.2 Å². The lowest BCUT2D eigenvalue weighted by Gasteiger charge is -2.12. The summed E-state index contributed by atoms with van der Waals surface area (Å²) in [5.41, 5.74) is 1.54. The second kappa shape index (κ2) is 5.94. The van der Waals surface area contributed by atoms with Crippen LogP contribution in [-0.2, 0) is 20.9 Å². The average Bonchev–Trinajstić information content (AvgIpc) is 3.15. The molecular weight excluding hydrogens is 258 g/mol. The normalized spacial score (nSPS) is 17.3. The highest BCUT2D eigenvalue weighted by molar-refractivity contribution is 5.65. The van der Waals surface area contributed by atoms with Gasteiger partial charge in [-0.1, -0.05) is 0 Å². The lowest BCUT2D eigenvalue weighted by atomic mass is 10.2. The number of carbonyl (C=O) groups is 1. The zero-order valence-electron chi connectivity index (χ0n) is 11.2. The van der Waals surface area contributed by atoms with Crippen LogP contribution in [0, 0.1) is 5.92 Å². The van der Waals surface area contributed by atoms with E-state index in [0.717, 1.165) is 17.7 Å². The second-order valence-corrected chi connectivity index (χ2v) is 5.02. The predicted octanol–water partition coefficient (Wildman–Crippen LogP) is 2.30. The van der Waals surface area contributed by atoms with Crippen molar-refractivity contribution in [3.8, 4) is 5.88 Å². The van der Waals surface area contributed by atoms with Crippen molar-refractivity contribution in [1.82, 2.24) is 4.98 Å². The first-order valence-electron chi connectivity index (χ1n) is 6.88. The van der Waals surface area contributed by atoms with Crippen molar-refractivity contribution in [2.45, 2.75) is 25.9 Å². The Morgan fingerprint density at radius 2 is 2.30 bits per heavy atom. The molecular formula is C15H17NO4. The largest absolute Gasteiger partial charge is 0.493 e. The summed E-state index contributed by atoms with van der Waals surface area (Å²) in [6.07, 6.45) is 5.40. The van der Waals surface area contributed by atoms with Crippen LogP contribution in [0.1, 0.15) is 30.5 Å². The summed E-state index contributed by atoms with van der Waals surface area (Å²) in [5, 5.41) is 0. The van der Waals surface area contributed by atoms with Gasteiger partial charge in [-0.15, -0.1) is 0 Å². The summed E-state index contributed by atoms with van der Waals surface area (Å²) >= 11 is 0. The van der Waals surface area contributed by atoms with Crippen LogP contribution in [0.3, 0.4) is 0 Å². The fourth-order valence-electron chi connectivity index (χ4n) is 2.06. The van der Waals surface area contributed by atoms with Crippen LogP contribution in [0.25, 0.3) is 5.76 Å². The van der Waals surface area contributed by atoms with Gasteiger partial charge in [-0.3, -0.25) is 4.79 Å². The Hall–Kier alpha value is -2.04. The van der Waals surface area contributed by atoms with Crippen molar-refractivity contribution in [2.75, 3.05) is 13.2 Å². The smallest absolute Gasteiger partial charge is 0.293 e. The minimum atomic E-state index is 0.156. The van der Waals surface area contributed by atoms with Crippen LogP contribution in [0.2, 0.25) is 0 Å². The molecule has 0 radical (unpaired) electrons. The number of nitrogens with zero attached hydrogens (tertiary/aromatic N) is 1. The minimum absolute atomic E-state index is 0.156. The van der Waals surface area contributed by atoms with E-state index in [9.17, 15) is 4.79 Å². The Balaban J connectivity index is 1.80. The monoisotopic (exact) mass is 275 g/mol.